The third-order valence-electron chi connectivity index (χ3n) is 5.95. The Kier molecular flexibility index (Phi) is 9.75. The van der Waals surface area contributed by atoms with Crippen molar-refractivity contribution in [1.29, 1.82) is 0 Å². The molecule has 0 aromatic carbocycles. The van der Waals surface area contributed by atoms with Crippen LogP contribution in [0.25, 0.3) is 0 Å². The first-order valence-electron chi connectivity index (χ1n) is 12.1. The molecule has 12 nitrogen and oxygen atoms in total. The Morgan fingerprint density at radius 3 is 2.28 bits per heavy atom. The third kappa shape index (κ3) is 6.76. The lowest BCUT2D eigenvalue weighted by Gasteiger charge is -2.26. The zero-order chi connectivity index (χ0) is 26.5. The summed E-state index contributed by atoms with van der Waals surface area (Å²) in [6.07, 6.45) is 3.52. The van der Waals surface area contributed by atoms with Crippen LogP contribution >= 0.6 is 0 Å². The number of ether oxygens (including phenoxy) is 4. The van der Waals surface area contributed by atoms with Gasteiger partial charge in [0, 0.05) is 26.6 Å². The number of hydrogen-bond donors (Lipinski definition) is 1. The largest absolute Gasteiger partial charge is 0.382 e. The average Bonchev–Trinajstić information content (AvgIpc) is 3.43. The molecule has 0 radical (unpaired) electrons. The molecule has 1 aliphatic heterocycles. The molecule has 4 atom stereocenters. The lowest BCUT2D eigenvalue weighted by molar-refractivity contribution is 0.00151. The number of nitrogens with zero attached hydrogens (tertiary/aromatic N) is 5. The second-order valence-corrected chi connectivity index (χ2v) is 11.4. The van der Waals surface area contributed by atoms with E-state index in [0.29, 0.717) is 11.6 Å². The summed E-state index contributed by atoms with van der Waals surface area (Å²) >= 11 is 0. The third-order valence-corrected chi connectivity index (χ3v) is 7.64. The fourth-order valence-corrected chi connectivity index (χ4v) is 5.22. The number of sulfonamides is 1. The van der Waals surface area contributed by atoms with E-state index in [9.17, 15) is 8.42 Å². The average molecular weight is 527 g/mol. The fourth-order valence-electron chi connectivity index (χ4n) is 4.13. The van der Waals surface area contributed by atoms with E-state index in [1.54, 1.807) is 38.1 Å². The molecule has 2 aromatic heterocycles. The minimum absolute atomic E-state index is 0.0622. The van der Waals surface area contributed by atoms with Gasteiger partial charge < -0.3 is 18.9 Å². The van der Waals surface area contributed by atoms with Gasteiger partial charge in [0.05, 0.1) is 31.5 Å². The Bertz CT molecular complexity index is 1070. The van der Waals surface area contributed by atoms with Gasteiger partial charge >= 0.3 is 0 Å². The summed E-state index contributed by atoms with van der Waals surface area (Å²) in [7, 11) is -0.881. The summed E-state index contributed by atoms with van der Waals surface area (Å²) in [6.45, 7) is 9.61. The quantitative estimate of drug-likeness (QED) is 0.414. The van der Waals surface area contributed by atoms with Crippen LogP contribution in [0.4, 0.5) is 5.95 Å². The zero-order valence-corrected chi connectivity index (χ0v) is 22.9. The van der Waals surface area contributed by atoms with Crippen molar-refractivity contribution in [1.82, 2.24) is 24.7 Å². The normalized spacial score (nSPS) is 20.2. The van der Waals surface area contributed by atoms with Gasteiger partial charge in [0.15, 0.2) is 11.6 Å². The van der Waals surface area contributed by atoms with Crippen molar-refractivity contribution < 1.29 is 27.4 Å². The SMILES string of the molecule is COCC(COC)n1c(NS(=O)(=O)[C@@H](C)[C@@H](OC(C)C)c2ncc(C)cn2)nnc1[C@@H]1CC[C@H](C)O1. The van der Waals surface area contributed by atoms with Crippen molar-refractivity contribution in [2.45, 2.75) is 83.2 Å². The fraction of sp³-hybridized carbons (Fsp3) is 0.739. The summed E-state index contributed by atoms with van der Waals surface area (Å²) in [5.41, 5.74) is 0.863. The summed E-state index contributed by atoms with van der Waals surface area (Å²) in [5, 5.41) is 7.48. The molecule has 0 aliphatic carbocycles. The maximum atomic E-state index is 13.6. The smallest absolute Gasteiger partial charge is 0.240 e. The molecule has 3 heterocycles. The van der Waals surface area contributed by atoms with Crippen LogP contribution < -0.4 is 4.72 Å². The lowest BCUT2D eigenvalue weighted by Crippen LogP contribution is -2.35. The first-order chi connectivity index (χ1) is 17.1. The molecule has 1 aliphatic rings. The van der Waals surface area contributed by atoms with Crippen molar-refractivity contribution in [2.24, 2.45) is 0 Å². The van der Waals surface area contributed by atoms with Gasteiger partial charge in [0.2, 0.25) is 16.0 Å². The van der Waals surface area contributed by atoms with Crippen LogP contribution in [0.1, 0.15) is 76.0 Å². The van der Waals surface area contributed by atoms with Gasteiger partial charge in [-0.05, 0) is 53.0 Å². The number of methoxy groups -OCH3 is 2. The van der Waals surface area contributed by atoms with Gasteiger partial charge in [-0.3, -0.25) is 9.29 Å². The van der Waals surface area contributed by atoms with Crippen LogP contribution in [-0.4, -0.2) is 78.0 Å². The van der Waals surface area contributed by atoms with Crippen molar-refractivity contribution >= 4 is 16.0 Å². The molecule has 13 heteroatoms. The Labute approximate surface area is 213 Å². The second kappa shape index (κ2) is 12.4. The highest BCUT2D eigenvalue weighted by Crippen LogP contribution is 2.35. The molecule has 2 aromatic rings. The minimum Gasteiger partial charge on any atom is -0.382 e. The standard InChI is InChI=1S/C23H38N6O6S/c1-14(2)34-20(21-24-10-15(3)11-25-21)17(5)36(30,31)28-23-27-26-22(19-9-8-16(4)35-19)29(23)18(12-32-6)13-33-7/h10-11,14,16-20H,8-9,12-13H2,1-7H3,(H,27,28)/t16-,17-,19-,20+/m0/s1. The first kappa shape index (κ1) is 28.4. The van der Waals surface area contributed by atoms with Crippen LogP contribution in [0.3, 0.4) is 0 Å². The molecule has 0 amide bonds. The predicted octanol–water partition coefficient (Wildman–Crippen LogP) is 2.75. The molecule has 1 saturated heterocycles. The minimum atomic E-state index is -4.02. The van der Waals surface area contributed by atoms with E-state index in [0.717, 1.165) is 18.4 Å². The number of rotatable bonds is 13. The van der Waals surface area contributed by atoms with Gasteiger partial charge in [0.25, 0.3) is 0 Å². The van der Waals surface area contributed by atoms with Crippen LogP contribution in [0.2, 0.25) is 0 Å². The van der Waals surface area contributed by atoms with Crippen molar-refractivity contribution in [2.75, 3.05) is 32.2 Å². The highest BCUT2D eigenvalue weighted by molar-refractivity contribution is 7.93. The zero-order valence-electron chi connectivity index (χ0n) is 22.0. The van der Waals surface area contributed by atoms with Crippen molar-refractivity contribution in [3.05, 3.63) is 29.6 Å². The molecular formula is C23H38N6O6S. The molecule has 1 N–H and O–H groups in total. The molecule has 0 saturated carbocycles. The van der Waals surface area contributed by atoms with Crippen molar-refractivity contribution in [3.63, 3.8) is 0 Å². The number of aryl methyl sites for hydroxylation is 1. The molecule has 36 heavy (non-hydrogen) atoms. The van der Waals surface area contributed by atoms with E-state index < -0.39 is 21.4 Å². The molecule has 0 bridgehead atoms. The van der Waals surface area contributed by atoms with E-state index in [1.807, 2.05) is 27.7 Å². The Balaban J connectivity index is 1.97. The van der Waals surface area contributed by atoms with E-state index in [1.165, 1.54) is 0 Å². The predicted molar refractivity (Wildman–Crippen MR) is 133 cm³/mol. The van der Waals surface area contributed by atoms with Gasteiger partial charge in [-0.25, -0.2) is 18.4 Å². The van der Waals surface area contributed by atoms with Crippen molar-refractivity contribution in [3.8, 4) is 0 Å². The van der Waals surface area contributed by atoms with E-state index in [-0.39, 0.29) is 43.5 Å². The van der Waals surface area contributed by atoms with E-state index in [2.05, 4.69) is 24.9 Å². The molecule has 0 spiro atoms. The Morgan fingerprint density at radius 1 is 1.11 bits per heavy atom. The summed E-state index contributed by atoms with van der Waals surface area (Å²) in [4.78, 5) is 8.64. The molecular weight excluding hydrogens is 488 g/mol. The van der Waals surface area contributed by atoms with Gasteiger partial charge in [-0.1, -0.05) is 0 Å². The molecule has 0 unspecified atom stereocenters. The number of hydrogen-bond acceptors (Lipinski definition) is 10. The Hall–Kier alpha value is -2.19. The van der Waals surface area contributed by atoms with Gasteiger partial charge in [-0.15, -0.1) is 10.2 Å². The molecule has 1 fully saturated rings. The monoisotopic (exact) mass is 526 g/mol. The molecule has 3 rings (SSSR count). The second-order valence-electron chi connectivity index (χ2n) is 9.41. The Morgan fingerprint density at radius 2 is 1.75 bits per heavy atom. The van der Waals surface area contributed by atoms with Crippen LogP contribution in [0, 0.1) is 6.92 Å². The van der Waals surface area contributed by atoms with E-state index >= 15 is 0 Å². The maximum absolute atomic E-state index is 13.6. The van der Waals surface area contributed by atoms with Crippen LogP contribution in [0.5, 0.6) is 0 Å². The number of anilines is 1. The van der Waals surface area contributed by atoms with Gasteiger partial charge in [0.1, 0.15) is 17.5 Å². The number of nitrogens with one attached hydrogen (secondary N) is 1. The van der Waals surface area contributed by atoms with Gasteiger partial charge in [-0.2, -0.15) is 0 Å². The van der Waals surface area contributed by atoms with E-state index in [4.69, 9.17) is 18.9 Å². The lowest BCUT2D eigenvalue weighted by atomic mass is 10.2. The van der Waals surface area contributed by atoms with Crippen LogP contribution in [-0.2, 0) is 29.0 Å². The highest BCUT2D eigenvalue weighted by Gasteiger charge is 2.37. The molecule has 202 valence electrons. The first-order valence-corrected chi connectivity index (χ1v) is 13.7. The summed E-state index contributed by atoms with van der Waals surface area (Å²) in [5.74, 6) is 0.882. The highest BCUT2D eigenvalue weighted by atomic mass is 32.2. The number of aromatic nitrogens is 5. The maximum Gasteiger partial charge on any atom is 0.240 e. The topological polar surface area (TPSA) is 140 Å². The summed E-state index contributed by atoms with van der Waals surface area (Å²) < 4.78 is 54.3. The van der Waals surface area contributed by atoms with Crippen LogP contribution in [0.15, 0.2) is 12.4 Å². The summed E-state index contributed by atoms with van der Waals surface area (Å²) in [6, 6.07) is -0.374.